The summed E-state index contributed by atoms with van der Waals surface area (Å²) in [6, 6.07) is 17.4. The number of amides is 2. The minimum atomic E-state index is -0.463. The standard InChI is InChI=1S/C25H24FN5O2/c1-3-18-10-4-6-12-21(18)28-23(32)17-29(2)25(33)19-16-27-31(22-13-7-5-11-20(22)26)24(19)30-14-8-9-15-30/h4-16H,3,17H2,1-2H3,(H,28,32). The number of likely N-dealkylation sites (N-methyl/N-ethyl adjacent to an activating group) is 1. The van der Waals surface area contributed by atoms with Crippen molar-refractivity contribution in [2.75, 3.05) is 18.9 Å². The summed E-state index contributed by atoms with van der Waals surface area (Å²) in [4.78, 5) is 27.2. The highest BCUT2D eigenvalue weighted by Crippen LogP contribution is 2.23. The average Bonchev–Trinajstić information content (AvgIpc) is 3.49. The van der Waals surface area contributed by atoms with Gasteiger partial charge in [-0.25, -0.2) is 9.07 Å². The second-order valence-corrected chi connectivity index (χ2v) is 7.56. The summed E-state index contributed by atoms with van der Waals surface area (Å²) in [6.45, 7) is 1.86. The third-order valence-electron chi connectivity index (χ3n) is 5.30. The van der Waals surface area contributed by atoms with Crippen molar-refractivity contribution in [2.45, 2.75) is 13.3 Å². The molecule has 0 aliphatic carbocycles. The number of hydrogen-bond donors (Lipinski definition) is 1. The van der Waals surface area contributed by atoms with E-state index in [1.165, 1.54) is 21.8 Å². The van der Waals surface area contributed by atoms with Crippen molar-refractivity contribution >= 4 is 17.5 Å². The maximum atomic E-state index is 14.5. The zero-order chi connectivity index (χ0) is 23.4. The fourth-order valence-electron chi connectivity index (χ4n) is 3.65. The number of hydrogen-bond acceptors (Lipinski definition) is 3. The van der Waals surface area contributed by atoms with Crippen LogP contribution in [-0.2, 0) is 11.2 Å². The number of anilines is 1. The predicted octanol–water partition coefficient (Wildman–Crippen LogP) is 4.08. The molecule has 7 nitrogen and oxygen atoms in total. The number of nitrogens with zero attached hydrogens (tertiary/aromatic N) is 4. The van der Waals surface area contributed by atoms with Gasteiger partial charge in [-0.05, 0) is 42.3 Å². The Kier molecular flexibility index (Phi) is 6.35. The third kappa shape index (κ3) is 4.55. The summed E-state index contributed by atoms with van der Waals surface area (Å²) in [5.41, 5.74) is 2.21. The summed E-state index contributed by atoms with van der Waals surface area (Å²) < 4.78 is 17.6. The Labute approximate surface area is 191 Å². The van der Waals surface area contributed by atoms with E-state index in [1.54, 1.807) is 54.3 Å². The van der Waals surface area contributed by atoms with Crippen LogP contribution in [-0.4, -0.2) is 44.7 Å². The van der Waals surface area contributed by atoms with Crippen molar-refractivity contribution in [1.29, 1.82) is 0 Å². The lowest BCUT2D eigenvalue weighted by Crippen LogP contribution is -2.35. The molecule has 2 aromatic carbocycles. The zero-order valence-electron chi connectivity index (χ0n) is 18.4. The Bertz CT molecular complexity index is 1280. The highest BCUT2D eigenvalue weighted by molar-refractivity contribution is 6.01. The molecule has 33 heavy (non-hydrogen) atoms. The quantitative estimate of drug-likeness (QED) is 0.466. The van der Waals surface area contributed by atoms with Crippen molar-refractivity contribution in [3.63, 3.8) is 0 Å². The molecule has 0 radical (unpaired) electrons. The van der Waals surface area contributed by atoms with Crippen LogP contribution < -0.4 is 5.32 Å². The van der Waals surface area contributed by atoms with Gasteiger partial charge in [-0.2, -0.15) is 5.10 Å². The van der Waals surface area contributed by atoms with Gasteiger partial charge in [0.1, 0.15) is 17.1 Å². The van der Waals surface area contributed by atoms with Crippen LogP contribution in [0.25, 0.3) is 11.5 Å². The fourth-order valence-corrected chi connectivity index (χ4v) is 3.65. The largest absolute Gasteiger partial charge is 0.332 e. The third-order valence-corrected chi connectivity index (χ3v) is 5.30. The number of para-hydroxylation sites is 2. The van der Waals surface area contributed by atoms with Crippen LogP contribution >= 0.6 is 0 Å². The maximum absolute atomic E-state index is 14.5. The highest BCUT2D eigenvalue weighted by Gasteiger charge is 2.24. The van der Waals surface area contributed by atoms with Crippen LogP contribution in [0.15, 0.2) is 79.3 Å². The van der Waals surface area contributed by atoms with Gasteiger partial charge in [-0.1, -0.05) is 37.3 Å². The molecule has 2 aromatic heterocycles. The van der Waals surface area contributed by atoms with Gasteiger partial charge < -0.3 is 14.8 Å². The minimum Gasteiger partial charge on any atom is -0.332 e. The van der Waals surface area contributed by atoms with Crippen molar-refractivity contribution in [3.8, 4) is 11.5 Å². The number of halogens is 1. The molecule has 168 valence electrons. The second kappa shape index (κ2) is 9.52. The zero-order valence-corrected chi connectivity index (χ0v) is 18.4. The topological polar surface area (TPSA) is 72.2 Å². The number of aryl methyl sites for hydroxylation is 1. The van der Waals surface area contributed by atoms with Crippen LogP contribution in [0.3, 0.4) is 0 Å². The molecule has 0 spiro atoms. The lowest BCUT2D eigenvalue weighted by molar-refractivity contribution is -0.116. The van der Waals surface area contributed by atoms with Gasteiger partial charge in [-0.15, -0.1) is 0 Å². The lowest BCUT2D eigenvalue weighted by atomic mass is 10.1. The monoisotopic (exact) mass is 445 g/mol. The number of rotatable bonds is 7. The number of benzene rings is 2. The number of aromatic nitrogens is 3. The number of nitrogens with one attached hydrogen (secondary N) is 1. The Morgan fingerprint density at radius 3 is 2.45 bits per heavy atom. The van der Waals surface area contributed by atoms with Gasteiger partial charge in [0.15, 0.2) is 5.82 Å². The predicted molar refractivity (Wildman–Crippen MR) is 124 cm³/mol. The first-order valence-electron chi connectivity index (χ1n) is 10.6. The molecule has 2 amide bonds. The van der Waals surface area contributed by atoms with Gasteiger partial charge >= 0.3 is 0 Å². The van der Waals surface area contributed by atoms with E-state index in [4.69, 9.17) is 0 Å². The smallest absolute Gasteiger partial charge is 0.259 e. The second-order valence-electron chi connectivity index (χ2n) is 7.56. The van der Waals surface area contributed by atoms with Crippen molar-refractivity contribution in [2.24, 2.45) is 0 Å². The summed E-state index contributed by atoms with van der Waals surface area (Å²) >= 11 is 0. The van der Waals surface area contributed by atoms with E-state index in [2.05, 4.69) is 10.4 Å². The Morgan fingerprint density at radius 1 is 1.03 bits per heavy atom. The van der Waals surface area contributed by atoms with Crippen molar-refractivity contribution in [1.82, 2.24) is 19.2 Å². The SMILES string of the molecule is CCc1ccccc1NC(=O)CN(C)C(=O)c1cnn(-c2ccccc2F)c1-n1cccc1. The molecule has 0 aliphatic rings. The van der Waals surface area contributed by atoms with Crippen LogP contribution in [0.5, 0.6) is 0 Å². The first-order chi connectivity index (χ1) is 16.0. The van der Waals surface area contributed by atoms with E-state index in [-0.39, 0.29) is 23.7 Å². The van der Waals surface area contributed by atoms with E-state index < -0.39 is 11.7 Å². The molecule has 0 bridgehead atoms. The molecule has 8 heteroatoms. The molecule has 0 saturated heterocycles. The number of carbonyl (C=O) groups is 2. The van der Waals surface area contributed by atoms with Crippen molar-refractivity contribution in [3.05, 3.63) is 96.2 Å². The molecule has 0 unspecified atom stereocenters. The Balaban J connectivity index is 1.60. The molecule has 0 fully saturated rings. The van der Waals surface area contributed by atoms with Gasteiger partial charge in [0.05, 0.1) is 12.7 Å². The Hall–Kier alpha value is -4.20. The van der Waals surface area contributed by atoms with Crippen LogP contribution in [0.4, 0.5) is 10.1 Å². The number of carbonyl (C=O) groups excluding carboxylic acids is 2. The molecular weight excluding hydrogens is 421 g/mol. The van der Waals surface area contributed by atoms with E-state index in [0.717, 1.165) is 17.7 Å². The van der Waals surface area contributed by atoms with Gasteiger partial charge in [0.25, 0.3) is 5.91 Å². The van der Waals surface area contributed by atoms with Crippen molar-refractivity contribution < 1.29 is 14.0 Å². The summed E-state index contributed by atoms with van der Waals surface area (Å²) in [6.07, 6.45) is 5.67. The molecule has 0 saturated carbocycles. The fraction of sp³-hybridized carbons (Fsp3) is 0.160. The first kappa shape index (κ1) is 22.0. The van der Waals surface area contributed by atoms with E-state index in [1.807, 2.05) is 31.2 Å². The van der Waals surface area contributed by atoms with Crippen LogP contribution in [0.1, 0.15) is 22.8 Å². The summed E-state index contributed by atoms with van der Waals surface area (Å²) in [5, 5.41) is 7.15. The molecule has 0 atom stereocenters. The molecule has 1 N–H and O–H groups in total. The van der Waals surface area contributed by atoms with E-state index in [9.17, 15) is 14.0 Å². The Morgan fingerprint density at radius 2 is 1.73 bits per heavy atom. The van der Waals surface area contributed by atoms with Gasteiger partial charge in [0.2, 0.25) is 5.91 Å². The average molecular weight is 445 g/mol. The maximum Gasteiger partial charge on any atom is 0.259 e. The van der Waals surface area contributed by atoms with E-state index >= 15 is 0 Å². The first-order valence-corrected chi connectivity index (χ1v) is 10.6. The normalized spacial score (nSPS) is 10.8. The van der Waals surface area contributed by atoms with Crippen LogP contribution in [0.2, 0.25) is 0 Å². The summed E-state index contributed by atoms with van der Waals surface area (Å²) in [5.74, 6) is -0.787. The lowest BCUT2D eigenvalue weighted by Gasteiger charge is -2.18. The molecule has 4 aromatic rings. The molecule has 0 aliphatic heterocycles. The van der Waals surface area contributed by atoms with Gasteiger partial charge in [-0.3, -0.25) is 9.59 Å². The summed E-state index contributed by atoms with van der Waals surface area (Å²) in [7, 11) is 1.55. The molecule has 2 heterocycles. The van der Waals surface area contributed by atoms with Gasteiger partial charge in [0, 0.05) is 25.1 Å². The minimum absolute atomic E-state index is 0.146. The molecule has 4 rings (SSSR count). The van der Waals surface area contributed by atoms with Crippen LogP contribution in [0, 0.1) is 5.82 Å². The molecular formula is C25H24FN5O2. The highest BCUT2D eigenvalue weighted by atomic mass is 19.1. The van der Waals surface area contributed by atoms with E-state index in [0.29, 0.717) is 5.82 Å².